The number of benzene rings is 1. The number of rotatable bonds is 7. The van der Waals surface area contributed by atoms with Crippen LogP contribution in [0.1, 0.15) is 83.6 Å². The Morgan fingerprint density at radius 1 is 1.00 bits per heavy atom. The number of hydrogen-bond donors (Lipinski definition) is 2. The first-order valence-corrected chi connectivity index (χ1v) is 15.9. The fourth-order valence-corrected chi connectivity index (χ4v) is 10.0. The van der Waals surface area contributed by atoms with E-state index in [-0.39, 0.29) is 28.6 Å². The molecule has 226 valence electrons. The van der Waals surface area contributed by atoms with E-state index in [1.54, 1.807) is 6.08 Å². The molecule has 6 aliphatic rings. The monoisotopic (exact) mass is 595 g/mol. The Labute approximate surface area is 251 Å². The number of carbonyl (C=O) groups is 4. The highest BCUT2D eigenvalue weighted by Gasteiger charge is 2.60. The quantitative estimate of drug-likeness (QED) is 0.310. The maximum atomic E-state index is 13.1. The molecule has 2 unspecified atom stereocenters. The molecule has 1 aromatic rings. The molecule has 4 atom stereocenters. The zero-order valence-corrected chi connectivity index (χ0v) is 25.5. The standard InChI is InChI=1S/C32H41N3O6S/c1-30-13-21-14-31(2,17-30)19-32(15-21,18-30)34-28(38)33-22-6-10-24(11-7-22)41-23-8-4-20(5-9-23)12-25-27(37)35(29(39)42-25)16-26(36)40-3/h4-5,8-9,12,21-22,24H,6-7,10-11,13-19H2,1-3H3,(H2,33,34,38)/b25-12+/t21?,22?,24?,30-,31+,32?. The molecule has 1 saturated heterocycles. The Hall–Kier alpha value is -3.01. The molecule has 7 rings (SSSR count). The number of esters is 1. The highest BCUT2D eigenvalue weighted by atomic mass is 32.2. The second-order valence-electron chi connectivity index (χ2n) is 14.0. The van der Waals surface area contributed by atoms with E-state index in [1.807, 2.05) is 24.3 Å². The average molecular weight is 596 g/mol. The maximum absolute atomic E-state index is 13.1. The Morgan fingerprint density at radius 2 is 1.67 bits per heavy atom. The van der Waals surface area contributed by atoms with Gasteiger partial charge in [-0.15, -0.1) is 0 Å². The number of nitrogens with one attached hydrogen (secondary N) is 2. The van der Waals surface area contributed by atoms with Crippen LogP contribution in [-0.2, 0) is 14.3 Å². The summed E-state index contributed by atoms with van der Waals surface area (Å²) in [5, 5.41) is 6.26. The Morgan fingerprint density at radius 3 is 2.29 bits per heavy atom. The third-order valence-electron chi connectivity index (χ3n) is 9.88. The number of ether oxygens (including phenoxy) is 2. The van der Waals surface area contributed by atoms with Crippen molar-refractivity contribution in [2.75, 3.05) is 13.7 Å². The van der Waals surface area contributed by atoms with Gasteiger partial charge in [0.15, 0.2) is 0 Å². The van der Waals surface area contributed by atoms with Crippen LogP contribution in [0.3, 0.4) is 0 Å². The number of nitrogens with zero attached hydrogens (tertiary/aromatic N) is 1. The van der Waals surface area contributed by atoms with Gasteiger partial charge in [0.2, 0.25) is 0 Å². The van der Waals surface area contributed by atoms with Crippen molar-refractivity contribution in [2.24, 2.45) is 16.7 Å². The predicted octanol–water partition coefficient (Wildman–Crippen LogP) is 5.63. The van der Waals surface area contributed by atoms with E-state index in [4.69, 9.17) is 4.74 Å². The maximum Gasteiger partial charge on any atom is 0.325 e. The fourth-order valence-electron chi connectivity index (χ4n) is 9.19. The normalized spacial score (nSPS) is 36.3. The molecule has 0 aromatic heterocycles. The van der Waals surface area contributed by atoms with Gasteiger partial charge in [0.1, 0.15) is 12.3 Å². The van der Waals surface area contributed by atoms with Crippen LogP contribution in [0.2, 0.25) is 0 Å². The first-order chi connectivity index (χ1) is 19.9. The molecular formula is C32H41N3O6S. The SMILES string of the molecule is COC(=O)CN1C(=O)S/C(=C/c2ccc(OC3CCC(NC(=O)NC45CC6C[C@@](C)(C4)C[C@](C)(C6)C5)CC3)cc2)C1=O. The van der Waals surface area contributed by atoms with Crippen molar-refractivity contribution in [1.82, 2.24) is 15.5 Å². The first kappa shape index (κ1) is 29.1. The number of methoxy groups -OCH3 is 1. The minimum atomic E-state index is -0.644. The van der Waals surface area contributed by atoms with E-state index >= 15 is 0 Å². The Kier molecular flexibility index (Phi) is 7.56. The number of hydrogen-bond acceptors (Lipinski definition) is 7. The largest absolute Gasteiger partial charge is 0.490 e. The first-order valence-electron chi connectivity index (χ1n) is 15.1. The molecule has 6 fully saturated rings. The molecule has 0 radical (unpaired) electrons. The molecule has 2 N–H and O–H groups in total. The second kappa shape index (κ2) is 10.9. The molecule has 5 saturated carbocycles. The van der Waals surface area contributed by atoms with Gasteiger partial charge in [-0.05, 0) is 116 Å². The van der Waals surface area contributed by atoms with E-state index in [0.717, 1.165) is 78.8 Å². The second-order valence-corrected chi connectivity index (χ2v) is 15.0. The van der Waals surface area contributed by atoms with Crippen molar-refractivity contribution in [3.05, 3.63) is 34.7 Å². The van der Waals surface area contributed by atoms with Crippen molar-refractivity contribution in [3.8, 4) is 5.75 Å². The van der Waals surface area contributed by atoms with Crippen LogP contribution in [0.25, 0.3) is 6.08 Å². The fraction of sp³-hybridized carbons (Fsp3) is 0.625. The number of imide groups is 1. The predicted molar refractivity (Wildman–Crippen MR) is 160 cm³/mol. The molecule has 9 nitrogen and oxygen atoms in total. The lowest BCUT2D eigenvalue weighted by Gasteiger charge is -2.65. The van der Waals surface area contributed by atoms with Gasteiger partial charge in [0.25, 0.3) is 11.1 Å². The van der Waals surface area contributed by atoms with Crippen LogP contribution < -0.4 is 15.4 Å². The Bertz CT molecular complexity index is 1290. The minimum Gasteiger partial charge on any atom is -0.490 e. The van der Waals surface area contributed by atoms with E-state index in [0.29, 0.717) is 10.8 Å². The van der Waals surface area contributed by atoms with Gasteiger partial charge < -0.3 is 20.1 Å². The molecule has 4 bridgehead atoms. The van der Waals surface area contributed by atoms with E-state index in [2.05, 4.69) is 29.2 Å². The van der Waals surface area contributed by atoms with Crippen LogP contribution in [0, 0.1) is 16.7 Å². The van der Waals surface area contributed by atoms with Crippen molar-refractivity contribution < 1.29 is 28.7 Å². The zero-order chi connectivity index (χ0) is 29.7. The van der Waals surface area contributed by atoms with Crippen molar-refractivity contribution in [2.45, 2.75) is 95.7 Å². The van der Waals surface area contributed by atoms with Crippen molar-refractivity contribution >= 4 is 41.0 Å². The summed E-state index contributed by atoms with van der Waals surface area (Å²) in [6.07, 6.45) is 12.5. The number of thioether (sulfide) groups is 1. The Balaban J connectivity index is 0.966. The molecule has 5 aliphatic carbocycles. The van der Waals surface area contributed by atoms with Gasteiger partial charge in [-0.25, -0.2) is 4.79 Å². The molecule has 1 aliphatic heterocycles. The van der Waals surface area contributed by atoms with Gasteiger partial charge in [-0.3, -0.25) is 19.3 Å². The summed E-state index contributed by atoms with van der Waals surface area (Å²) in [4.78, 5) is 50.4. The van der Waals surface area contributed by atoms with Crippen molar-refractivity contribution in [1.29, 1.82) is 0 Å². The molecule has 10 heteroatoms. The van der Waals surface area contributed by atoms with Gasteiger partial charge in [-0.2, -0.15) is 0 Å². The summed E-state index contributed by atoms with van der Waals surface area (Å²) in [5.74, 6) is 0.335. The topological polar surface area (TPSA) is 114 Å². The molecule has 1 heterocycles. The molecule has 42 heavy (non-hydrogen) atoms. The summed E-state index contributed by atoms with van der Waals surface area (Å²) >= 11 is 0.806. The molecule has 4 amide bonds. The smallest absolute Gasteiger partial charge is 0.325 e. The number of carbonyl (C=O) groups excluding carboxylic acids is 4. The third kappa shape index (κ3) is 6.05. The summed E-state index contributed by atoms with van der Waals surface area (Å²) in [6.45, 7) is 4.46. The van der Waals surface area contributed by atoms with Gasteiger partial charge >= 0.3 is 12.0 Å². The van der Waals surface area contributed by atoms with E-state index < -0.39 is 23.7 Å². The lowest BCUT2D eigenvalue weighted by atomic mass is 9.43. The number of urea groups is 1. The van der Waals surface area contributed by atoms with E-state index in [1.165, 1.54) is 26.4 Å². The molecular weight excluding hydrogens is 554 g/mol. The highest BCUT2D eigenvalue weighted by Crippen LogP contribution is 2.66. The lowest BCUT2D eigenvalue weighted by molar-refractivity contribution is -0.143. The van der Waals surface area contributed by atoms with Gasteiger partial charge in [-0.1, -0.05) is 26.0 Å². The van der Waals surface area contributed by atoms with Crippen LogP contribution >= 0.6 is 11.8 Å². The van der Waals surface area contributed by atoms with Crippen LogP contribution in [-0.4, -0.2) is 59.4 Å². The lowest BCUT2D eigenvalue weighted by Crippen LogP contribution is -2.66. The number of amides is 4. The van der Waals surface area contributed by atoms with Crippen LogP contribution in [0.5, 0.6) is 5.75 Å². The molecule has 0 spiro atoms. The van der Waals surface area contributed by atoms with Crippen LogP contribution in [0.4, 0.5) is 9.59 Å². The van der Waals surface area contributed by atoms with Crippen molar-refractivity contribution in [3.63, 3.8) is 0 Å². The minimum absolute atomic E-state index is 0.00717. The van der Waals surface area contributed by atoms with E-state index in [9.17, 15) is 19.2 Å². The summed E-state index contributed by atoms with van der Waals surface area (Å²) in [7, 11) is 1.21. The summed E-state index contributed by atoms with van der Waals surface area (Å²) in [6, 6.07) is 7.54. The van der Waals surface area contributed by atoms with Crippen LogP contribution in [0.15, 0.2) is 29.2 Å². The van der Waals surface area contributed by atoms with Gasteiger partial charge in [0.05, 0.1) is 18.1 Å². The third-order valence-corrected chi connectivity index (χ3v) is 10.8. The molecule has 1 aromatic carbocycles. The highest BCUT2D eigenvalue weighted by molar-refractivity contribution is 8.18. The zero-order valence-electron chi connectivity index (χ0n) is 24.7. The van der Waals surface area contributed by atoms with Gasteiger partial charge in [0, 0.05) is 11.6 Å². The average Bonchev–Trinajstić information content (AvgIpc) is 3.15. The summed E-state index contributed by atoms with van der Waals surface area (Å²) in [5.41, 5.74) is 1.44. The summed E-state index contributed by atoms with van der Waals surface area (Å²) < 4.78 is 10.8.